The normalized spacial score (nSPS) is 16.6. The Kier molecular flexibility index (Phi) is 4.80. The van der Waals surface area contributed by atoms with Crippen LogP contribution in [0.3, 0.4) is 0 Å². The number of benzene rings is 1. The van der Waals surface area contributed by atoms with Gasteiger partial charge in [-0.3, -0.25) is 4.79 Å². The third-order valence-corrected chi connectivity index (χ3v) is 7.29. The third kappa shape index (κ3) is 3.13. The number of anilines is 1. The van der Waals surface area contributed by atoms with Crippen LogP contribution in [0.25, 0.3) is 10.1 Å². The molecule has 130 valence electrons. The predicted octanol–water partition coefficient (Wildman–Crippen LogP) is 1.98. The van der Waals surface area contributed by atoms with Crippen molar-refractivity contribution in [3.05, 3.63) is 29.8 Å². The lowest BCUT2D eigenvalue weighted by molar-refractivity contribution is 0.0701. The van der Waals surface area contributed by atoms with Gasteiger partial charge in [0.1, 0.15) is 0 Å². The van der Waals surface area contributed by atoms with Gasteiger partial charge in [-0.1, -0.05) is 25.1 Å². The second kappa shape index (κ2) is 6.70. The average Bonchev–Trinajstić information content (AvgIpc) is 2.90. The summed E-state index contributed by atoms with van der Waals surface area (Å²) in [5, 5.41) is 1.38. The van der Waals surface area contributed by atoms with Crippen LogP contribution in [-0.4, -0.2) is 55.5 Å². The summed E-state index contributed by atoms with van der Waals surface area (Å²) >= 11 is 1.41. The molecule has 1 aliphatic rings. The van der Waals surface area contributed by atoms with Gasteiger partial charge in [-0.15, -0.1) is 11.3 Å². The summed E-state index contributed by atoms with van der Waals surface area (Å²) < 4.78 is 26.7. The highest BCUT2D eigenvalue weighted by Crippen LogP contribution is 2.34. The SMILES string of the molecule is CCCS(=O)(=O)N1CCN(C(=O)c2c(N)sc3ccccc23)CC1. The van der Waals surface area contributed by atoms with Crippen LogP contribution >= 0.6 is 11.3 Å². The lowest BCUT2D eigenvalue weighted by atomic mass is 10.1. The number of nitrogens with two attached hydrogens (primary N) is 1. The van der Waals surface area contributed by atoms with Gasteiger partial charge in [-0.25, -0.2) is 8.42 Å². The number of amides is 1. The maximum Gasteiger partial charge on any atom is 0.257 e. The van der Waals surface area contributed by atoms with Crippen LogP contribution in [0.15, 0.2) is 24.3 Å². The molecule has 2 N–H and O–H groups in total. The fourth-order valence-electron chi connectivity index (χ4n) is 3.00. The highest BCUT2D eigenvalue weighted by atomic mass is 32.2. The maximum atomic E-state index is 12.9. The molecule has 0 bridgehead atoms. The third-order valence-electron chi connectivity index (χ3n) is 4.22. The first-order valence-electron chi connectivity index (χ1n) is 7.98. The zero-order chi connectivity index (χ0) is 17.3. The van der Waals surface area contributed by atoms with Gasteiger partial charge in [-0.05, 0) is 12.5 Å². The molecule has 1 aliphatic heterocycles. The van der Waals surface area contributed by atoms with Gasteiger partial charge in [0.2, 0.25) is 10.0 Å². The molecule has 0 spiro atoms. The zero-order valence-electron chi connectivity index (χ0n) is 13.6. The van der Waals surface area contributed by atoms with E-state index in [9.17, 15) is 13.2 Å². The monoisotopic (exact) mass is 367 g/mol. The average molecular weight is 367 g/mol. The van der Waals surface area contributed by atoms with Gasteiger partial charge in [0, 0.05) is 36.3 Å². The van der Waals surface area contributed by atoms with Crippen LogP contribution in [0.4, 0.5) is 5.00 Å². The minimum Gasteiger partial charge on any atom is -0.390 e. The highest BCUT2D eigenvalue weighted by molar-refractivity contribution is 7.89. The van der Waals surface area contributed by atoms with Crippen molar-refractivity contribution in [3.8, 4) is 0 Å². The molecule has 3 rings (SSSR count). The van der Waals surface area contributed by atoms with Gasteiger partial charge >= 0.3 is 0 Å². The first kappa shape index (κ1) is 17.2. The molecule has 1 amide bonds. The Morgan fingerprint density at radius 3 is 2.54 bits per heavy atom. The summed E-state index contributed by atoms with van der Waals surface area (Å²) in [5.41, 5.74) is 6.60. The number of carbonyl (C=O) groups excluding carboxylic acids is 1. The van der Waals surface area contributed by atoms with Crippen molar-refractivity contribution in [3.63, 3.8) is 0 Å². The summed E-state index contributed by atoms with van der Waals surface area (Å²) in [7, 11) is -3.21. The van der Waals surface area contributed by atoms with E-state index in [4.69, 9.17) is 5.73 Å². The van der Waals surface area contributed by atoms with Crippen molar-refractivity contribution in [2.45, 2.75) is 13.3 Å². The molecule has 24 heavy (non-hydrogen) atoms. The van der Waals surface area contributed by atoms with Crippen LogP contribution < -0.4 is 5.73 Å². The van der Waals surface area contributed by atoms with E-state index < -0.39 is 10.0 Å². The molecule has 2 heterocycles. The number of hydrogen-bond donors (Lipinski definition) is 1. The molecular formula is C16H21N3O3S2. The first-order chi connectivity index (χ1) is 11.4. The van der Waals surface area contributed by atoms with Crippen LogP contribution in [0.5, 0.6) is 0 Å². The van der Waals surface area contributed by atoms with Gasteiger partial charge < -0.3 is 10.6 Å². The minimum atomic E-state index is -3.21. The standard InChI is InChI=1S/C16H21N3O3S2/c1-2-11-24(21,22)19-9-7-18(8-10-19)16(20)14-12-5-3-4-6-13(12)23-15(14)17/h3-6H,2,7-11,17H2,1H3. The number of fused-ring (bicyclic) bond motifs is 1. The van der Waals surface area contributed by atoms with Gasteiger partial charge in [-0.2, -0.15) is 4.31 Å². The summed E-state index contributed by atoms with van der Waals surface area (Å²) in [6, 6.07) is 7.66. The number of nitrogen functional groups attached to an aromatic ring is 1. The highest BCUT2D eigenvalue weighted by Gasteiger charge is 2.30. The molecular weight excluding hydrogens is 346 g/mol. The quantitative estimate of drug-likeness (QED) is 0.896. The molecule has 1 aromatic heterocycles. The van der Waals surface area contributed by atoms with Gasteiger partial charge in [0.15, 0.2) is 0 Å². The topological polar surface area (TPSA) is 83.7 Å². The van der Waals surface area contributed by atoms with Gasteiger partial charge in [0.25, 0.3) is 5.91 Å². The van der Waals surface area contributed by atoms with Crippen molar-refractivity contribution in [2.24, 2.45) is 0 Å². The van der Waals surface area contributed by atoms with Crippen LogP contribution in [0, 0.1) is 0 Å². The largest absolute Gasteiger partial charge is 0.390 e. The summed E-state index contributed by atoms with van der Waals surface area (Å²) in [6.07, 6.45) is 0.596. The number of rotatable bonds is 4. The molecule has 0 unspecified atom stereocenters. The van der Waals surface area contributed by atoms with Crippen molar-refractivity contribution >= 4 is 42.4 Å². The fraction of sp³-hybridized carbons (Fsp3) is 0.438. The Bertz CT molecular complexity index is 853. The second-order valence-electron chi connectivity index (χ2n) is 5.84. The molecule has 1 aromatic carbocycles. The minimum absolute atomic E-state index is 0.113. The molecule has 8 heteroatoms. The maximum absolute atomic E-state index is 12.9. The van der Waals surface area contributed by atoms with E-state index in [1.165, 1.54) is 15.6 Å². The zero-order valence-corrected chi connectivity index (χ0v) is 15.2. The fourth-order valence-corrected chi connectivity index (χ4v) is 5.46. The summed E-state index contributed by atoms with van der Waals surface area (Å²) in [5.74, 6) is 0.0424. The molecule has 0 saturated carbocycles. The molecule has 0 aliphatic carbocycles. The molecule has 6 nitrogen and oxygen atoms in total. The predicted molar refractivity (Wildman–Crippen MR) is 97.8 cm³/mol. The Morgan fingerprint density at radius 2 is 1.88 bits per heavy atom. The number of sulfonamides is 1. The van der Waals surface area contributed by atoms with E-state index in [1.54, 1.807) is 4.90 Å². The molecule has 2 aromatic rings. The van der Waals surface area contributed by atoms with Crippen LogP contribution in [0.2, 0.25) is 0 Å². The lowest BCUT2D eigenvalue weighted by Gasteiger charge is -2.34. The molecule has 1 fully saturated rings. The van der Waals surface area contributed by atoms with E-state index in [1.807, 2.05) is 31.2 Å². The van der Waals surface area contributed by atoms with E-state index in [2.05, 4.69) is 0 Å². The van der Waals surface area contributed by atoms with Crippen LogP contribution in [0.1, 0.15) is 23.7 Å². The number of hydrogen-bond acceptors (Lipinski definition) is 5. The van der Waals surface area contributed by atoms with Crippen LogP contribution in [-0.2, 0) is 10.0 Å². The Hall–Kier alpha value is -1.64. The van der Waals surface area contributed by atoms with E-state index in [0.29, 0.717) is 43.2 Å². The summed E-state index contributed by atoms with van der Waals surface area (Å²) in [4.78, 5) is 14.6. The van der Waals surface area contributed by atoms with Crippen molar-refractivity contribution in [1.82, 2.24) is 9.21 Å². The number of carbonyl (C=O) groups is 1. The molecule has 0 atom stereocenters. The number of nitrogens with zero attached hydrogens (tertiary/aromatic N) is 2. The molecule has 1 saturated heterocycles. The van der Waals surface area contributed by atoms with Gasteiger partial charge in [0.05, 0.1) is 16.3 Å². The van der Waals surface area contributed by atoms with Crippen molar-refractivity contribution in [2.75, 3.05) is 37.7 Å². The second-order valence-corrected chi connectivity index (χ2v) is 9.02. The number of piperazine rings is 1. The first-order valence-corrected chi connectivity index (χ1v) is 10.4. The lowest BCUT2D eigenvalue weighted by Crippen LogP contribution is -2.51. The Balaban J connectivity index is 1.77. The Morgan fingerprint density at radius 1 is 1.21 bits per heavy atom. The smallest absolute Gasteiger partial charge is 0.257 e. The van der Waals surface area contributed by atoms with E-state index in [0.717, 1.165) is 10.1 Å². The Labute approximate surface area is 145 Å². The molecule has 0 radical (unpaired) electrons. The van der Waals surface area contributed by atoms with E-state index >= 15 is 0 Å². The van der Waals surface area contributed by atoms with Crippen molar-refractivity contribution < 1.29 is 13.2 Å². The summed E-state index contributed by atoms with van der Waals surface area (Å²) in [6.45, 7) is 3.32. The van der Waals surface area contributed by atoms with Crippen molar-refractivity contribution in [1.29, 1.82) is 0 Å². The van der Waals surface area contributed by atoms with E-state index in [-0.39, 0.29) is 11.7 Å². The number of thiophene rings is 1.